The zero-order chi connectivity index (χ0) is 19.1. The molecule has 142 valence electrons. The number of aryl methyl sites for hydroxylation is 1. The summed E-state index contributed by atoms with van der Waals surface area (Å²) in [4.78, 5) is 16.0. The van der Waals surface area contributed by atoms with Crippen molar-refractivity contribution in [2.24, 2.45) is 0 Å². The van der Waals surface area contributed by atoms with Gasteiger partial charge in [0.15, 0.2) is 0 Å². The van der Waals surface area contributed by atoms with Gasteiger partial charge in [0.2, 0.25) is 5.76 Å². The first-order valence-electron chi connectivity index (χ1n) is 9.12. The van der Waals surface area contributed by atoms with E-state index in [1.54, 1.807) is 19.3 Å². The van der Waals surface area contributed by atoms with Gasteiger partial charge in [-0.05, 0) is 56.6 Å². The largest absolute Gasteiger partial charge is 0.493 e. The van der Waals surface area contributed by atoms with E-state index in [-0.39, 0.29) is 5.76 Å². The van der Waals surface area contributed by atoms with Crippen LogP contribution in [0.2, 0.25) is 0 Å². The van der Waals surface area contributed by atoms with Crippen LogP contribution in [0.4, 0.5) is 0 Å². The standard InChI is InChI=1S/C21H24N2O4/c1-3-25-21(24)20-15(2)19-17(6-4-7-18(19)27-20)26-13-5-10-23-14-16-8-11-22-12-9-16/h4,6-9,11-12,23H,3,5,10,13-14H2,1-2H3. The van der Waals surface area contributed by atoms with Crippen molar-refractivity contribution < 1.29 is 18.7 Å². The SMILES string of the molecule is CCOC(=O)c1oc2cccc(OCCCNCc3ccncc3)c2c1C. The van der Waals surface area contributed by atoms with Crippen LogP contribution in [-0.2, 0) is 11.3 Å². The zero-order valence-corrected chi connectivity index (χ0v) is 15.7. The second-order valence-electron chi connectivity index (χ2n) is 6.14. The summed E-state index contributed by atoms with van der Waals surface area (Å²) in [7, 11) is 0. The van der Waals surface area contributed by atoms with Gasteiger partial charge in [0.05, 0.1) is 18.6 Å². The smallest absolute Gasteiger partial charge is 0.374 e. The van der Waals surface area contributed by atoms with E-state index < -0.39 is 5.97 Å². The summed E-state index contributed by atoms with van der Waals surface area (Å²) in [6.07, 6.45) is 4.44. The molecule has 0 spiro atoms. The highest BCUT2D eigenvalue weighted by Crippen LogP contribution is 2.33. The third kappa shape index (κ3) is 4.65. The van der Waals surface area contributed by atoms with Crippen LogP contribution < -0.4 is 10.1 Å². The molecule has 6 heteroatoms. The quantitative estimate of drug-likeness (QED) is 0.456. The number of carbonyl (C=O) groups excluding carboxylic acids is 1. The molecule has 0 bridgehead atoms. The van der Waals surface area contributed by atoms with Gasteiger partial charge in [-0.25, -0.2) is 4.79 Å². The summed E-state index contributed by atoms with van der Waals surface area (Å²) >= 11 is 0. The molecule has 0 aliphatic rings. The number of rotatable bonds is 9. The molecule has 0 radical (unpaired) electrons. The maximum atomic E-state index is 12.0. The fourth-order valence-corrected chi connectivity index (χ4v) is 2.89. The Bertz CT molecular complexity index is 890. The van der Waals surface area contributed by atoms with Crippen LogP contribution in [-0.4, -0.2) is 30.7 Å². The van der Waals surface area contributed by atoms with E-state index in [0.29, 0.717) is 18.8 Å². The predicted molar refractivity (Wildman–Crippen MR) is 103 cm³/mol. The number of nitrogens with one attached hydrogen (secondary N) is 1. The van der Waals surface area contributed by atoms with Crippen LogP contribution in [0.25, 0.3) is 11.0 Å². The number of nitrogens with zero attached hydrogens (tertiary/aromatic N) is 1. The van der Waals surface area contributed by atoms with Crippen molar-refractivity contribution in [3.05, 3.63) is 59.6 Å². The Hall–Kier alpha value is -2.86. The first-order valence-corrected chi connectivity index (χ1v) is 9.12. The number of fused-ring (bicyclic) bond motifs is 1. The topological polar surface area (TPSA) is 73.6 Å². The molecule has 0 aliphatic carbocycles. The van der Waals surface area contributed by atoms with Crippen molar-refractivity contribution >= 4 is 16.9 Å². The molecule has 3 aromatic rings. The van der Waals surface area contributed by atoms with E-state index in [1.165, 1.54) is 5.56 Å². The van der Waals surface area contributed by atoms with Gasteiger partial charge < -0.3 is 19.2 Å². The lowest BCUT2D eigenvalue weighted by Gasteiger charge is -2.08. The first kappa shape index (κ1) is 18.9. The molecule has 0 saturated carbocycles. The molecule has 2 heterocycles. The van der Waals surface area contributed by atoms with Gasteiger partial charge in [-0.1, -0.05) is 6.07 Å². The Balaban J connectivity index is 1.56. The first-order chi connectivity index (χ1) is 13.2. The number of pyridine rings is 1. The van der Waals surface area contributed by atoms with Crippen LogP contribution in [0.3, 0.4) is 0 Å². The second-order valence-corrected chi connectivity index (χ2v) is 6.14. The Morgan fingerprint density at radius 2 is 2.04 bits per heavy atom. The van der Waals surface area contributed by atoms with Crippen LogP contribution in [0, 0.1) is 6.92 Å². The van der Waals surface area contributed by atoms with Gasteiger partial charge in [-0.3, -0.25) is 4.98 Å². The molecule has 0 fully saturated rings. The lowest BCUT2D eigenvalue weighted by atomic mass is 10.1. The Labute approximate surface area is 158 Å². The van der Waals surface area contributed by atoms with Crippen LogP contribution in [0.15, 0.2) is 47.1 Å². The number of ether oxygens (including phenoxy) is 2. The monoisotopic (exact) mass is 368 g/mol. The van der Waals surface area contributed by atoms with Crippen LogP contribution in [0.5, 0.6) is 5.75 Å². The molecule has 6 nitrogen and oxygen atoms in total. The van der Waals surface area contributed by atoms with Crippen molar-refractivity contribution in [2.75, 3.05) is 19.8 Å². The van der Waals surface area contributed by atoms with Crippen LogP contribution >= 0.6 is 0 Å². The number of benzene rings is 1. The van der Waals surface area contributed by atoms with Crippen molar-refractivity contribution in [3.63, 3.8) is 0 Å². The zero-order valence-electron chi connectivity index (χ0n) is 15.7. The average Bonchev–Trinajstić information content (AvgIpc) is 3.03. The number of furan rings is 1. The number of hydrogen-bond acceptors (Lipinski definition) is 6. The number of hydrogen-bond donors (Lipinski definition) is 1. The Kier molecular flexibility index (Phi) is 6.44. The average molecular weight is 368 g/mol. The van der Waals surface area contributed by atoms with Crippen LogP contribution in [0.1, 0.15) is 35.0 Å². The molecule has 0 saturated heterocycles. The summed E-state index contributed by atoms with van der Waals surface area (Å²) in [5.74, 6) is 0.512. The van der Waals surface area contributed by atoms with Gasteiger partial charge in [0.25, 0.3) is 0 Å². The van der Waals surface area contributed by atoms with Gasteiger partial charge in [0.1, 0.15) is 11.3 Å². The summed E-state index contributed by atoms with van der Waals surface area (Å²) in [6, 6.07) is 9.57. The maximum absolute atomic E-state index is 12.0. The normalized spacial score (nSPS) is 10.9. The number of aromatic nitrogens is 1. The number of esters is 1. The number of carbonyl (C=O) groups is 1. The minimum Gasteiger partial charge on any atom is -0.493 e. The molecular weight excluding hydrogens is 344 g/mol. The summed E-state index contributed by atoms with van der Waals surface area (Å²) in [6.45, 7) is 6.15. The Morgan fingerprint density at radius 3 is 2.81 bits per heavy atom. The lowest BCUT2D eigenvalue weighted by Crippen LogP contribution is -2.17. The third-order valence-electron chi connectivity index (χ3n) is 4.21. The van der Waals surface area contributed by atoms with Crippen molar-refractivity contribution in [1.29, 1.82) is 0 Å². The molecular formula is C21H24N2O4. The molecule has 1 N–H and O–H groups in total. The maximum Gasteiger partial charge on any atom is 0.374 e. The van der Waals surface area contributed by atoms with E-state index in [0.717, 1.165) is 36.2 Å². The van der Waals surface area contributed by atoms with Gasteiger partial charge in [-0.15, -0.1) is 0 Å². The fraction of sp³-hybridized carbons (Fsp3) is 0.333. The highest BCUT2D eigenvalue weighted by Gasteiger charge is 2.21. The minimum absolute atomic E-state index is 0.238. The molecule has 27 heavy (non-hydrogen) atoms. The van der Waals surface area contributed by atoms with Crippen molar-refractivity contribution in [2.45, 2.75) is 26.8 Å². The summed E-state index contributed by atoms with van der Waals surface area (Å²) < 4.78 is 16.7. The summed E-state index contributed by atoms with van der Waals surface area (Å²) in [5, 5.41) is 4.21. The second kappa shape index (κ2) is 9.19. The molecule has 0 unspecified atom stereocenters. The lowest BCUT2D eigenvalue weighted by molar-refractivity contribution is 0.0491. The van der Waals surface area contributed by atoms with E-state index in [1.807, 2.05) is 37.3 Å². The van der Waals surface area contributed by atoms with Crippen molar-refractivity contribution in [1.82, 2.24) is 10.3 Å². The molecule has 0 amide bonds. The molecule has 0 aliphatic heterocycles. The van der Waals surface area contributed by atoms with E-state index in [2.05, 4.69) is 10.3 Å². The van der Waals surface area contributed by atoms with Gasteiger partial charge in [0, 0.05) is 24.5 Å². The fourth-order valence-electron chi connectivity index (χ4n) is 2.89. The molecule has 2 aromatic heterocycles. The molecule has 0 atom stereocenters. The van der Waals surface area contributed by atoms with E-state index >= 15 is 0 Å². The highest BCUT2D eigenvalue weighted by molar-refractivity contribution is 5.98. The molecule has 1 aromatic carbocycles. The predicted octanol–water partition coefficient (Wildman–Crippen LogP) is 3.87. The van der Waals surface area contributed by atoms with E-state index in [9.17, 15) is 4.79 Å². The van der Waals surface area contributed by atoms with Crippen molar-refractivity contribution in [3.8, 4) is 5.75 Å². The minimum atomic E-state index is -0.447. The summed E-state index contributed by atoms with van der Waals surface area (Å²) in [5.41, 5.74) is 2.58. The van der Waals surface area contributed by atoms with Gasteiger partial charge in [-0.2, -0.15) is 0 Å². The van der Waals surface area contributed by atoms with Gasteiger partial charge >= 0.3 is 5.97 Å². The Morgan fingerprint density at radius 1 is 1.22 bits per heavy atom. The highest BCUT2D eigenvalue weighted by atomic mass is 16.5. The molecule has 3 rings (SSSR count). The third-order valence-corrected chi connectivity index (χ3v) is 4.21. The van der Waals surface area contributed by atoms with E-state index in [4.69, 9.17) is 13.9 Å².